The average molecular weight is 256 g/mol. The molecule has 3 unspecified atom stereocenters. The second-order valence-corrected chi connectivity index (χ2v) is 5.69. The summed E-state index contributed by atoms with van der Waals surface area (Å²) in [6.45, 7) is 1.92. The van der Waals surface area contributed by atoms with Crippen molar-refractivity contribution >= 4 is 0 Å². The predicted octanol–water partition coefficient (Wildman–Crippen LogP) is 1.78. The second kappa shape index (κ2) is 4.22. The molecule has 0 radical (unpaired) electrons. The Balaban J connectivity index is 1.99. The van der Waals surface area contributed by atoms with E-state index in [0.29, 0.717) is 11.6 Å². The number of benzene rings is 1. The van der Waals surface area contributed by atoms with Gasteiger partial charge < -0.3 is 10.8 Å². The van der Waals surface area contributed by atoms with Crippen LogP contribution in [0.1, 0.15) is 30.4 Å². The largest absolute Gasteiger partial charge is 0.399 e. The summed E-state index contributed by atoms with van der Waals surface area (Å²) in [5.41, 5.74) is 15.1. The minimum Gasteiger partial charge on any atom is -0.399 e. The Kier molecular flexibility index (Phi) is 2.77. The number of hydrogen-bond donors (Lipinski definition) is 3. The van der Waals surface area contributed by atoms with E-state index in [0.717, 1.165) is 18.4 Å². The van der Waals surface area contributed by atoms with E-state index in [-0.39, 0.29) is 5.92 Å². The third-order valence-corrected chi connectivity index (χ3v) is 4.39. The highest BCUT2D eigenvalue weighted by molar-refractivity contribution is 5.48. The maximum absolute atomic E-state index is 10.0. The van der Waals surface area contributed by atoms with Crippen LogP contribution in [0.25, 0.3) is 0 Å². The van der Waals surface area contributed by atoms with Crippen LogP contribution in [0, 0.1) is 5.92 Å². The molecule has 0 saturated heterocycles. The molecule has 3 nitrogen and oxygen atoms in total. The zero-order valence-electron chi connectivity index (χ0n) is 11.1. The summed E-state index contributed by atoms with van der Waals surface area (Å²) in [4.78, 5) is 0. The Morgan fingerprint density at radius 3 is 2.84 bits per heavy atom. The first-order chi connectivity index (χ1) is 8.99. The molecule has 2 aliphatic rings. The summed E-state index contributed by atoms with van der Waals surface area (Å²) in [5, 5.41) is 10.0. The van der Waals surface area contributed by atoms with Crippen molar-refractivity contribution in [3.8, 4) is 0 Å². The van der Waals surface area contributed by atoms with Gasteiger partial charge in [-0.3, -0.25) is 5.73 Å². The summed E-state index contributed by atoms with van der Waals surface area (Å²) < 4.78 is 0. The highest BCUT2D eigenvalue weighted by atomic mass is 16.3. The molecule has 0 amide bonds. The first-order valence-corrected chi connectivity index (χ1v) is 6.78. The van der Waals surface area contributed by atoms with Crippen LogP contribution < -0.4 is 11.5 Å². The summed E-state index contributed by atoms with van der Waals surface area (Å²) in [5.74, 6) is 0.216. The van der Waals surface area contributed by atoms with Crippen molar-refractivity contribution in [2.45, 2.75) is 31.4 Å². The maximum Gasteiger partial charge on any atom is 0.141 e. The molecule has 1 aromatic carbocycles. The number of fused-ring (bicyclic) bond motifs is 1. The monoisotopic (exact) mass is 256 g/mol. The van der Waals surface area contributed by atoms with Crippen molar-refractivity contribution < 1.29 is 5.11 Å². The fraction of sp³-hybridized carbons (Fsp3) is 0.375. The van der Waals surface area contributed by atoms with Gasteiger partial charge in [0.15, 0.2) is 0 Å². The van der Waals surface area contributed by atoms with E-state index in [1.807, 2.05) is 13.0 Å². The molecule has 3 atom stereocenters. The zero-order valence-corrected chi connectivity index (χ0v) is 11.1. The van der Waals surface area contributed by atoms with E-state index < -0.39 is 5.72 Å². The molecule has 1 aromatic rings. The highest BCUT2D eigenvalue weighted by Gasteiger charge is 2.34. The minimum absolute atomic E-state index is 0.123. The van der Waals surface area contributed by atoms with E-state index in [1.54, 1.807) is 6.08 Å². The number of allylic oxidation sites excluding steroid dienone is 1. The van der Waals surface area contributed by atoms with Gasteiger partial charge in [-0.2, -0.15) is 0 Å². The van der Waals surface area contributed by atoms with Gasteiger partial charge in [0.05, 0.1) is 0 Å². The SMILES string of the molecule is CC1C=C(C2CCc3ccccc32)C(N)=CC1(N)O. The molecule has 0 aromatic heterocycles. The number of aryl methyl sites for hydroxylation is 1. The van der Waals surface area contributed by atoms with Gasteiger partial charge in [0.1, 0.15) is 5.72 Å². The average Bonchev–Trinajstić information content (AvgIpc) is 2.77. The van der Waals surface area contributed by atoms with Crippen molar-refractivity contribution in [1.29, 1.82) is 0 Å². The van der Waals surface area contributed by atoms with Crippen LogP contribution in [0.4, 0.5) is 0 Å². The molecule has 0 fully saturated rings. The molecule has 2 aliphatic carbocycles. The van der Waals surface area contributed by atoms with Crippen LogP contribution in [0.2, 0.25) is 0 Å². The fourth-order valence-electron chi connectivity index (χ4n) is 3.16. The zero-order chi connectivity index (χ0) is 13.6. The summed E-state index contributed by atoms with van der Waals surface area (Å²) >= 11 is 0. The van der Waals surface area contributed by atoms with E-state index in [2.05, 4.69) is 24.3 Å². The molecule has 3 heteroatoms. The van der Waals surface area contributed by atoms with Crippen LogP contribution >= 0.6 is 0 Å². The van der Waals surface area contributed by atoms with Crippen LogP contribution in [0.15, 0.2) is 47.7 Å². The van der Waals surface area contributed by atoms with E-state index in [1.165, 1.54) is 11.1 Å². The molecule has 100 valence electrons. The number of rotatable bonds is 1. The van der Waals surface area contributed by atoms with E-state index in [4.69, 9.17) is 11.5 Å². The summed E-state index contributed by atoms with van der Waals surface area (Å²) in [6.07, 6.45) is 5.79. The van der Waals surface area contributed by atoms with Gasteiger partial charge in [0, 0.05) is 17.5 Å². The molecule has 19 heavy (non-hydrogen) atoms. The van der Waals surface area contributed by atoms with Crippen LogP contribution in [0.5, 0.6) is 0 Å². The topological polar surface area (TPSA) is 72.3 Å². The minimum atomic E-state index is -1.33. The van der Waals surface area contributed by atoms with E-state index >= 15 is 0 Å². The van der Waals surface area contributed by atoms with Crippen molar-refractivity contribution in [3.63, 3.8) is 0 Å². The van der Waals surface area contributed by atoms with Crippen LogP contribution in [-0.2, 0) is 6.42 Å². The molecular formula is C16H20N2O. The van der Waals surface area contributed by atoms with Gasteiger partial charge in [-0.1, -0.05) is 37.3 Å². The lowest BCUT2D eigenvalue weighted by atomic mass is 9.81. The lowest BCUT2D eigenvalue weighted by molar-refractivity contribution is 0.0583. The fourth-order valence-corrected chi connectivity index (χ4v) is 3.16. The molecule has 3 rings (SSSR count). The third-order valence-electron chi connectivity index (χ3n) is 4.39. The first kappa shape index (κ1) is 12.5. The second-order valence-electron chi connectivity index (χ2n) is 5.69. The molecule has 0 aliphatic heterocycles. The Hall–Kier alpha value is -1.58. The molecule has 0 spiro atoms. The summed E-state index contributed by atoms with van der Waals surface area (Å²) in [6, 6.07) is 8.51. The Morgan fingerprint density at radius 2 is 2.05 bits per heavy atom. The van der Waals surface area contributed by atoms with Crippen molar-refractivity contribution in [3.05, 3.63) is 58.8 Å². The summed E-state index contributed by atoms with van der Waals surface area (Å²) in [7, 11) is 0. The van der Waals surface area contributed by atoms with Crippen molar-refractivity contribution in [2.75, 3.05) is 0 Å². The Bertz CT molecular complexity index is 572. The van der Waals surface area contributed by atoms with E-state index in [9.17, 15) is 5.11 Å². The van der Waals surface area contributed by atoms with Crippen molar-refractivity contribution in [1.82, 2.24) is 0 Å². The molecular weight excluding hydrogens is 236 g/mol. The molecule has 0 heterocycles. The van der Waals surface area contributed by atoms with Gasteiger partial charge in [-0.25, -0.2) is 0 Å². The first-order valence-electron chi connectivity index (χ1n) is 6.78. The molecule has 5 N–H and O–H groups in total. The predicted molar refractivity (Wildman–Crippen MR) is 76.2 cm³/mol. The van der Waals surface area contributed by atoms with Gasteiger partial charge >= 0.3 is 0 Å². The quantitative estimate of drug-likeness (QED) is 0.671. The number of nitrogens with two attached hydrogens (primary N) is 2. The highest BCUT2D eigenvalue weighted by Crippen LogP contribution is 2.42. The molecule has 0 bridgehead atoms. The molecule has 0 saturated carbocycles. The normalized spacial score (nSPS) is 33.6. The van der Waals surface area contributed by atoms with Gasteiger partial charge in [-0.15, -0.1) is 0 Å². The number of hydrogen-bond acceptors (Lipinski definition) is 3. The standard InChI is InChI=1S/C16H20N2O/c1-10-8-14(15(17)9-16(10,18)19)13-7-6-11-4-2-3-5-12(11)13/h2-5,8-10,13,19H,6-7,17-18H2,1H3. The van der Waals surface area contributed by atoms with Crippen molar-refractivity contribution in [2.24, 2.45) is 17.4 Å². The van der Waals surface area contributed by atoms with Crippen LogP contribution in [-0.4, -0.2) is 10.8 Å². The van der Waals surface area contributed by atoms with Gasteiger partial charge in [0.2, 0.25) is 0 Å². The Morgan fingerprint density at radius 1 is 1.32 bits per heavy atom. The maximum atomic E-state index is 10.0. The number of aliphatic hydroxyl groups is 1. The van der Waals surface area contributed by atoms with Gasteiger partial charge in [0.25, 0.3) is 0 Å². The third kappa shape index (κ3) is 1.99. The lowest BCUT2D eigenvalue weighted by Crippen LogP contribution is -2.46. The van der Waals surface area contributed by atoms with Gasteiger partial charge in [-0.05, 0) is 35.6 Å². The smallest absolute Gasteiger partial charge is 0.141 e. The van der Waals surface area contributed by atoms with Crippen LogP contribution in [0.3, 0.4) is 0 Å². The Labute approximate surface area is 113 Å². The lowest BCUT2D eigenvalue weighted by Gasteiger charge is -2.32.